The first-order valence-electron chi connectivity index (χ1n) is 7.67. The number of hydrogen-bond donors (Lipinski definition) is 1. The first-order valence-corrected chi connectivity index (χ1v) is 7.67. The average molecular weight is 343 g/mol. The SMILES string of the molecule is CCc1noc(C)c1C(=O)Nc1cnc2c(c1)c(=O)n(C)c(=O)n2C. The maximum Gasteiger partial charge on any atom is 0.332 e. The van der Waals surface area contributed by atoms with Crippen LogP contribution >= 0.6 is 0 Å². The van der Waals surface area contributed by atoms with Gasteiger partial charge in [-0.05, 0) is 19.4 Å². The van der Waals surface area contributed by atoms with E-state index in [0.29, 0.717) is 29.1 Å². The molecule has 25 heavy (non-hydrogen) atoms. The number of carbonyl (C=O) groups is 1. The molecule has 0 aliphatic rings. The molecule has 9 heteroatoms. The molecule has 0 aromatic carbocycles. The minimum absolute atomic E-state index is 0.236. The van der Waals surface area contributed by atoms with E-state index in [1.165, 1.54) is 30.9 Å². The third-order valence-electron chi connectivity index (χ3n) is 4.05. The van der Waals surface area contributed by atoms with Gasteiger partial charge >= 0.3 is 5.69 Å². The molecule has 0 unspecified atom stereocenters. The summed E-state index contributed by atoms with van der Waals surface area (Å²) in [6.45, 7) is 3.53. The molecule has 0 spiro atoms. The van der Waals surface area contributed by atoms with Crippen molar-refractivity contribution < 1.29 is 9.32 Å². The van der Waals surface area contributed by atoms with Crippen molar-refractivity contribution in [1.29, 1.82) is 0 Å². The molecule has 3 aromatic rings. The van der Waals surface area contributed by atoms with Crippen molar-refractivity contribution in [2.75, 3.05) is 5.32 Å². The van der Waals surface area contributed by atoms with E-state index in [2.05, 4.69) is 15.5 Å². The fourth-order valence-corrected chi connectivity index (χ4v) is 2.68. The molecule has 0 atom stereocenters. The second-order valence-corrected chi connectivity index (χ2v) is 5.67. The molecule has 3 heterocycles. The molecular formula is C16H17N5O4. The van der Waals surface area contributed by atoms with Gasteiger partial charge in [-0.25, -0.2) is 9.78 Å². The summed E-state index contributed by atoms with van der Waals surface area (Å²) in [4.78, 5) is 40.9. The van der Waals surface area contributed by atoms with E-state index in [0.717, 1.165) is 4.57 Å². The van der Waals surface area contributed by atoms with Crippen molar-refractivity contribution in [2.45, 2.75) is 20.3 Å². The summed E-state index contributed by atoms with van der Waals surface area (Å²) < 4.78 is 7.34. The predicted octanol–water partition coefficient (Wildman–Crippen LogP) is 0.743. The Morgan fingerprint density at radius 3 is 2.68 bits per heavy atom. The van der Waals surface area contributed by atoms with Gasteiger partial charge in [-0.1, -0.05) is 12.1 Å². The zero-order valence-electron chi connectivity index (χ0n) is 14.3. The van der Waals surface area contributed by atoms with Gasteiger partial charge in [0.05, 0.1) is 23.0 Å². The van der Waals surface area contributed by atoms with Crippen LogP contribution in [0.3, 0.4) is 0 Å². The number of anilines is 1. The Bertz CT molecular complexity index is 1110. The molecule has 130 valence electrons. The number of hydrogen-bond acceptors (Lipinski definition) is 6. The summed E-state index contributed by atoms with van der Waals surface area (Å²) in [6, 6.07) is 1.50. The van der Waals surface area contributed by atoms with Crippen LogP contribution in [0.4, 0.5) is 5.69 Å². The fraction of sp³-hybridized carbons (Fsp3) is 0.312. The summed E-state index contributed by atoms with van der Waals surface area (Å²) in [5.74, 6) is 0.0276. The number of rotatable bonds is 3. The number of pyridine rings is 1. The smallest absolute Gasteiger partial charge is 0.332 e. The van der Waals surface area contributed by atoms with Crippen LogP contribution in [0, 0.1) is 6.92 Å². The highest BCUT2D eigenvalue weighted by Crippen LogP contribution is 2.18. The molecule has 0 saturated carbocycles. The summed E-state index contributed by atoms with van der Waals surface area (Å²) in [6.07, 6.45) is 1.95. The Morgan fingerprint density at radius 1 is 1.28 bits per heavy atom. The van der Waals surface area contributed by atoms with Crippen molar-refractivity contribution in [3.8, 4) is 0 Å². The van der Waals surface area contributed by atoms with Crippen molar-refractivity contribution >= 4 is 22.6 Å². The van der Waals surface area contributed by atoms with Crippen LogP contribution in [0.15, 0.2) is 26.4 Å². The van der Waals surface area contributed by atoms with Crippen LogP contribution in [0.25, 0.3) is 11.0 Å². The lowest BCUT2D eigenvalue weighted by atomic mass is 10.1. The predicted molar refractivity (Wildman–Crippen MR) is 90.8 cm³/mol. The van der Waals surface area contributed by atoms with E-state index in [9.17, 15) is 14.4 Å². The number of nitrogens with one attached hydrogen (secondary N) is 1. The van der Waals surface area contributed by atoms with Crippen molar-refractivity contribution in [1.82, 2.24) is 19.3 Å². The first kappa shape index (κ1) is 16.6. The lowest BCUT2D eigenvalue weighted by Gasteiger charge is -2.09. The molecule has 0 radical (unpaired) electrons. The quantitative estimate of drug-likeness (QED) is 0.751. The van der Waals surface area contributed by atoms with Crippen LogP contribution in [-0.2, 0) is 20.5 Å². The largest absolute Gasteiger partial charge is 0.361 e. The van der Waals surface area contributed by atoms with Gasteiger partial charge in [-0.3, -0.25) is 18.7 Å². The lowest BCUT2D eigenvalue weighted by molar-refractivity contribution is 0.102. The minimum Gasteiger partial charge on any atom is -0.361 e. The second-order valence-electron chi connectivity index (χ2n) is 5.67. The number of aromatic nitrogens is 4. The Hall–Kier alpha value is -3.23. The van der Waals surface area contributed by atoms with Crippen LogP contribution in [0.2, 0.25) is 0 Å². The number of fused-ring (bicyclic) bond motifs is 1. The van der Waals surface area contributed by atoms with E-state index in [1.54, 1.807) is 6.92 Å². The third-order valence-corrected chi connectivity index (χ3v) is 4.05. The normalized spacial score (nSPS) is 11.0. The Balaban J connectivity index is 2.06. The highest BCUT2D eigenvalue weighted by atomic mass is 16.5. The van der Waals surface area contributed by atoms with Gasteiger partial charge in [-0.15, -0.1) is 0 Å². The number of nitrogens with zero attached hydrogens (tertiary/aromatic N) is 4. The number of aryl methyl sites for hydroxylation is 3. The summed E-state index contributed by atoms with van der Waals surface area (Å²) in [5, 5.41) is 6.78. The monoisotopic (exact) mass is 343 g/mol. The number of amides is 1. The molecule has 0 fully saturated rings. The summed E-state index contributed by atoms with van der Waals surface area (Å²) >= 11 is 0. The maximum atomic E-state index is 12.5. The Morgan fingerprint density at radius 2 is 2.00 bits per heavy atom. The van der Waals surface area contributed by atoms with E-state index >= 15 is 0 Å². The van der Waals surface area contributed by atoms with Gasteiger partial charge in [0.25, 0.3) is 11.5 Å². The van der Waals surface area contributed by atoms with Crippen molar-refractivity contribution in [3.05, 3.63) is 50.1 Å². The van der Waals surface area contributed by atoms with Crippen molar-refractivity contribution in [3.63, 3.8) is 0 Å². The van der Waals surface area contributed by atoms with Crippen LogP contribution in [0.1, 0.15) is 28.7 Å². The molecule has 0 saturated heterocycles. The fourth-order valence-electron chi connectivity index (χ4n) is 2.68. The standard InChI is InChI=1S/C16H17N5O4/c1-5-11-12(8(2)25-19-11)14(22)18-9-6-10-13(17-7-9)20(3)16(24)21(4)15(10)23/h6-7H,5H2,1-4H3,(H,18,22). The van der Waals surface area contributed by atoms with Crippen LogP contribution < -0.4 is 16.6 Å². The molecule has 1 amide bonds. The molecule has 1 N–H and O–H groups in total. The Kier molecular flexibility index (Phi) is 3.99. The van der Waals surface area contributed by atoms with Crippen LogP contribution in [-0.4, -0.2) is 25.2 Å². The average Bonchev–Trinajstić information content (AvgIpc) is 2.98. The molecular weight excluding hydrogens is 326 g/mol. The highest BCUT2D eigenvalue weighted by molar-refractivity contribution is 6.06. The molecule has 3 aromatic heterocycles. The van der Waals surface area contributed by atoms with E-state index < -0.39 is 17.2 Å². The van der Waals surface area contributed by atoms with Gasteiger partial charge in [0, 0.05) is 14.1 Å². The zero-order chi connectivity index (χ0) is 18.3. The molecule has 0 aliphatic heterocycles. The van der Waals surface area contributed by atoms with E-state index in [-0.39, 0.29) is 11.0 Å². The molecule has 9 nitrogen and oxygen atoms in total. The minimum atomic E-state index is -0.475. The van der Waals surface area contributed by atoms with E-state index in [4.69, 9.17) is 4.52 Å². The maximum absolute atomic E-state index is 12.5. The Labute approximate surface area is 141 Å². The zero-order valence-corrected chi connectivity index (χ0v) is 14.3. The summed E-state index contributed by atoms with van der Waals surface area (Å²) in [7, 11) is 2.92. The second kappa shape index (κ2) is 6.00. The lowest BCUT2D eigenvalue weighted by Crippen LogP contribution is -2.37. The first-order chi connectivity index (χ1) is 11.8. The highest BCUT2D eigenvalue weighted by Gasteiger charge is 2.20. The third kappa shape index (κ3) is 2.63. The van der Waals surface area contributed by atoms with E-state index in [1.807, 2.05) is 6.92 Å². The van der Waals surface area contributed by atoms with Crippen molar-refractivity contribution in [2.24, 2.45) is 14.1 Å². The molecule has 0 bridgehead atoms. The van der Waals surface area contributed by atoms with Crippen LogP contribution in [0.5, 0.6) is 0 Å². The van der Waals surface area contributed by atoms with Gasteiger partial charge in [0.2, 0.25) is 0 Å². The number of carbonyl (C=O) groups excluding carboxylic acids is 1. The van der Waals surface area contributed by atoms with Gasteiger partial charge in [0.1, 0.15) is 17.0 Å². The van der Waals surface area contributed by atoms with Gasteiger partial charge < -0.3 is 9.84 Å². The molecule has 0 aliphatic carbocycles. The van der Waals surface area contributed by atoms with Gasteiger partial charge in [0.15, 0.2) is 0 Å². The topological polar surface area (TPSA) is 112 Å². The summed E-state index contributed by atoms with van der Waals surface area (Å²) in [5.41, 5.74) is 0.585. The molecule has 3 rings (SSSR count). The van der Waals surface area contributed by atoms with Gasteiger partial charge in [-0.2, -0.15) is 0 Å².